The standard InChI is InChI=1S/C23H30NO2/c1-4-24(18-21-12-7-5-8-13-21,19-22-14-9-6-10-15-22)16-11-17-26-23(25)20(2)3/h5-10,12-15H,2,4,11,16-19H2,1,3H3/q+1. The Morgan fingerprint density at radius 2 is 1.46 bits per heavy atom. The molecule has 0 heterocycles. The summed E-state index contributed by atoms with van der Waals surface area (Å²) < 4.78 is 6.24. The second-order valence-electron chi connectivity index (χ2n) is 6.94. The lowest BCUT2D eigenvalue weighted by Crippen LogP contribution is -2.47. The molecule has 0 radical (unpaired) electrons. The Morgan fingerprint density at radius 3 is 1.88 bits per heavy atom. The minimum Gasteiger partial charge on any atom is -0.462 e. The van der Waals surface area contributed by atoms with Gasteiger partial charge in [0.1, 0.15) is 13.1 Å². The lowest BCUT2D eigenvalue weighted by Gasteiger charge is -2.38. The fraction of sp³-hybridized carbons (Fsp3) is 0.348. The summed E-state index contributed by atoms with van der Waals surface area (Å²) >= 11 is 0. The van der Waals surface area contributed by atoms with E-state index in [0.29, 0.717) is 12.2 Å². The number of esters is 1. The summed E-state index contributed by atoms with van der Waals surface area (Å²) in [6.45, 7) is 11.9. The van der Waals surface area contributed by atoms with Gasteiger partial charge in [-0.2, -0.15) is 0 Å². The van der Waals surface area contributed by atoms with Gasteiger partial charge in [0.25, 0.3) is 0 Å². The highest BCUT2D eigenvalue weighted by Crippen LogP contribution is 2.20. The third kappa shape index (κ3) is 6.16. The van der Waals surface area contributed by atoms with Crippen molar-refractivity contribution in [2.24, 2.45) is 0 Å². The van der Waals surface area contributed by atoms with Crippen LogP contribution in [0, 0.1) is 0 Å². The first-order chi connectivity index (χ1) is 12.5. The summed E-state index contributed by atoms with van der Waals surface area (Å²) in [4.78, 5) is 11.6. The number of rotatable bonds is 10. The van der Waals surface area contributed by atoms with E-state index in [0.717, 1.165) is 37.1 Å². The molecule has 2 aromatic carbocycles. The number of carbonyl (C=O) groups excluding carboxylic acids is 1. The number of nitrogens with zero attached hydrogens (tertiary/aromatic N) is 1. The van der Waals surface area contributed by atoms with E-state index < -0.39 is 0 Å². The van der Waals surface area contributed by atoms with Gasteiger partial charge in [0, 0.05) is 23.1 Å². The number of hydrogen-bond acceptors (Lipinski definition) is 2. The van der Waals surface area contributed by atoms with Gasteiger partial charge < -0.3 is 9.22 Å². The topological polar surface area (TPSA) is 26.3 Å². The maximum atomic E-state index is 11.6. The quantitative estimate of drug-likeness (QED) is 0.267. The number of carbonyl (C=O) groups is 1. The van der Waals surface area contributed by atoms with Crippen LogP contribution in [0.2, 0.25) is 0 Å². The predicted molar refractivity (Wildman–Crippen MR) is 106 cm³/mol. The normalized spacial score (nSPS) is 11.2. The van der Waals surface area contributed by atoms with E-state index in [-0.39, 0.29) is 5.97 Å². The van der Waals surface area contributed by atoms with Crippen molar-refractivity contribution in [3.63, 3.8) is 0 Å². The molecule has 0 atom stereocenters. The molecule has 0 spiro atoms. The zero-order valence-corrected chi connectivity index (χ0v) is 16.0. The van der Waals surface area contributed by atoms with Crippen LogP contribution in [0.3, 0.4) is 0 Å². The summed E-state index contributed by atoms with van der Waals surface area (Å²) in [5.74, 6) is -0.300. The average Bonchev–Trinajstić information content (AvgIpc) is 2.66. The number of hydrogen-bond donors (Lipinski definition) is 0. The smallest absolute Gasteiger partial charge is 0.333 e. The third-order valence-corrected chi connectivity index (χ3v) is 4.75. The molecule has 0 fully saturated rings. The molecule has 0 unspecified atom stereocenters. The van der Waals surface area contributed by atoms with Crippen LogP contribution >= 0.6 is 0 Å². The Bertz CT molecular complexity index is 653. The van der Waals surface area contributed by atoms with Crippen molar-refractivity contribution in [3.8, 4) is 0 Å². The van der Waals surface area contributed by atoms with Gasteiger partial charge in [0.05, 0.1) is 19.7 Å². The molecule has 0 saturated carbocycles. The van der Waals surface area contributed by atoms with Crippen molar-refractivity contribution in [2.75, 3.05) is 19.7 Å². The molecule has 3 heteroatoms. The van der Waals surface area contributed by atoms with Crippen molar-refractivity contribution in [3.05, 3.63) is 83.9 Å². The highest BCUT2D eigenvalue weighted by atomic mass is 16.5. The van der Waals surface area contributed by atoms with E-state index in [4.69, 9.17) is 4.74 Å². The van der Waals surface area contributed by atoms with E-state index in [9.17, 15) is 4.79 Å². The predicted octanol–water partition coefficient (Wildman–Crippen LogP) is 4.73. The van der Waals surface area contributed by atoms with E-state index >= 15 is 0 Å². The van der Waals surface area contributed by atoms with E-state index in [1.807, 2.05) is 0 Å². The van der Waals surface area contributed by atoms with Crippen molar-refractivity contribution < 1.29 is 14.0 Å². The van der Waals surface area contributed by atoms with E-state index in [2.05, 4.69) is 74.2 Å². The molecular weight excluding hydrogens is 322 g/mol. The Hall–Kier alpha value is -2.39. The molecular formula is C23H30NO2+. The first-order valence-corrected chi connectivity index (χ1v) is 9.30. The number of quaternary nitrogens is 1. The Kier molecular flexibility index (Phi) is 7.61. The van der Waals surface area contributed by atoms with Gasteiger partial charge in [0.2, 0.25) is 0 Å². The van der Waals surface area contributed by atoms with Crippen LogP contribution in [-0.2, 0) is 22.6 Å². The molecule has 0 aliphatic rings. The molecule has 0 aromatic heterocycles. The molecule has 2 aromatic rings. The van der Waals surface area contributed by atoms with Gasteiger partial charge in [-0.25, -0.2) is 4.79 Å². The van der Waals surface area contributed by atoms with Crippen LogP contribution in [-0.4, -0.2) is 30.1 Å². The fourth-order valence-electron chi connectivity index (χ4n) is 3.23. The van der Waals surface area contributed by atoms with Crippen molar-refractivity contribution in [1.82, 2.24) is 0 Å². The second-order valence-corrected chi connectivity index (χ2v) is 6.94. The van der Waals surface area contributed by atoms with Crippen LogP contribution < -0.4 is 0 Å². The zero-order valence-electron chi connectivity index (χ0n) is 16.0. The minimum absolute atomic E-state index is 0.300. The largest absolute Gasteiger partial charge is 0.462 e. The van der Waals surface area contributed by atoms with Crippen LogP contribution in [0.15, 0.2) is 72.8 Å². The zero-order chi connectivity index (χ0) is 18.8. The molecule has 0 aliphatic heterocycles. The summed E-state index contributed by atoms with van der Waals surface area (Å²) in [6, 6.07) is 21.2. The van der Waals surface area contributed by atoms with Crippen LogP contribution in [0.1, 0.15) is 31.4 Å². The van der Waals surface area contributed by atoms with Crippen molar-refractivity contribution in [2.45, 2.75) is 33.4 Å². The van der Waals surface area contributed by atoms with Gasteiger partial charge in [-0.15, -0.1) is 0 Å². The minimum atomic E-state index is -0.300. The monoisotopic (exact) mass is 352 g/mol. The van der Waals surface area contributed by atoms with Crippen LogP contribution in [0.5, 0.6) is 0 Å². The van der Waals surface area contributed by atoms with Crippen LogP contribution in [0.4, 0.5) is 0 Å². The van der Waals surface area contributed by atoms with E-state index in [1.54, 1.807) is 6.92 Å². The summed E-state index contributed by atoms with van der Waals surface area (Å²) in [5.41, 5.74) is 3.13. The Labute approximate surface area is 157 Å². The molecule has 0 amide bonds. The molecule has 2 rings (SSSR count). The lowest BCUT2D eigenvalue weighted by molar-refractivity contribution is -0.952. The SMILES string of the molecule is C=C(C)C(=O)OCCC[N+](CC)(Cc1ccccc1)Cc1ccccc1. The second kappa shape index (κ2) is 9.93. The molecule has 26 heavy (non-hydrogen) atoms. The number of benzene rings is 2. The summed E-state index contributed by atoms with van der Waals surface area (Å²) in [5, 5.41) is 0. The maximum Gasteiger partial charge on any atom is 0.333 e. The number of ether oxygens (including phenoxy) is 1. The van der Waals surface area contributed by atoms with Gasteiger partial charge in [-0.05, 0) is 13.8 Å². The van der Waals surface area contributed by atoms with Crippen LogP contribution in [0.25, 0.3) is 0 Å². The highest BCUT2D eigenvalue weighted by Gasteiger charge is 2.26. The van der Waals surface area contributed by atoms with E-state index in [1.165, 1.54) is 11.1 Å². The molecule has 0 saturated heterocycles. The first-order valence-electron chi connectivity index (χ1n) is 9.30. The molecule has 0 N–H and O–H groups in total. The lowest BCUT2D eigenvalue weighted by atomic mass is 10.1. The third-order valence-electron chi connectivity index (χ3n) is 4.75. The molecule has 138 valence electrons. The molecule has 0 aliphatic carbocycles. The van der Waals surface area contributed by atoms with Gasteiger partial charge in [-0.1, -0.05) is 67.2 Å². The Morgan fingerprint density at radius 1 is 0.962 bits per heavy atom. The maximum absolute atomic E-state index is 11.6. The van der Waals surface area contributed by atoms with Crippen molar-refractivity contribution >= 4 is 5.97 Å². The summed E-state index contributed by atoms with van der Waals surface area (Å²) in [7, 11) is 0. The van der Waals surface area contributed by atoms with Crippen molar-refractivity contribution in [1.29, 1.82) is 0 Å². The first kappa shape index (κ1) is 19.9. The summed E-state index contributed by atoms with van der Waals surface area (Å²) in [6.07, 6.45) is 0.840. The average molecular weight is 352 g/mol. The highest BCUT2D eigenvalue weighted by molar-refractivity contribution is 5.86. The fourth-order valence-corrected chi connectivity index (χ4v) is 3.23. The van der Waals surface area contributed by atoms with Gasteiger partial charge in [-0.3, -0.25) is 0 Å². The molecule has 3 nitrogen and oxygen atoms in total. The van der Waals surface area contributed by atoms with Gasteiger partial charge >= 0.3 is 5.97 Å². The Balaban J connectivity index is 2.08. The van der Waals surface area contributed by atoms with Gasteiger partial charge in [0.15, 0.2) is 0 Å². The molecule has 0 bridgehead atoms.